The highest BCUT2D eigenvalue weighted by atomic mass is 35.5. The predicted octanol–water partition coefficient (Wildman–Crippen LogP) is 3.67. The van der Waals surface area contributed by atoms with E-state index in [1.54, 1.807) is 0 Å². The molecule has 2 unspecified atom stereocenters. The van der Waals surface area contributed by atoms with E-state index < -0.39 is 0 Å². The summed E-state index contributed by atoms with van der Waals surface area (Å²) in [5, 5.41) is 0.608. The van der Waals surface area contributed by atoms with Crippen LogP contribution in [0.3, 0.4) is 0 Å². The Morgan fingerprint density at radius 3 is 2.50 bits per heavy atom. The second-order valence-electron chi connectivity index (χ2n) is 6.86. The van der Waals surface area contributed by atoms with E-state index >= 15 is 0 Å². The van der Waals surface area contributed by atoms with Gasteiger partial charge in [0.15, 0.2) is 0 Å². The fourth-order valence-electron chi connectivity index (χ4n) is 3.81. The van der Waals surface area contributed by atoms with E-state index in [9.17, 15) is 0 Å². The van der Waals surface area contributed by atoms with Crippen molar-refractivity contribution in [3.05, 3.63) is 22.7 Å². The molecule has 0 N–H and O–H groups in total. The lowest BCUT2D eigenvalue weighted by Crippen LogP contribution is -2.39. The number of aromatic nitrogens is 2. The predicted molar refractivity (Wildman–Crippen MR) is 82.1 cm³/mol. The maximum Gasteiger partial charge on any atom is 0.133 e. The molecule has 0 aromatic carbocycles. The zero-order valence-corrected chi connectivity index (χ0v) is 13.4. The summed E-state index contributed by atoms with van der Waals surface area (Å²) in [5.74, 6) is 2.08. The smallest absolute Gasteiger partial charge is 0.133 e. The van der Waals surface area contributed by atoms with Crippen molar-refractivity contribution < 1.29 is 0 Å². The number of nitrogens with zero attached hydrogens (tertiary/aromatic N) is 3. The molecule has 0 spiro atoms. The van der Waals surface area contributed by atoms with Crippen LogP contribution >= 0.6 is 11.6 Å². The van der Waals surface area contributed by atoms with E-state index in [2.05, 4.69) is 30.8 Å². The molecule has 0 aliphatic carbocycles. The number of fused-ring (bicyclic) bond motifs is 2. The van der Waals surface area contributed by atoms with Gasteiger partial charge in [-0.1, -0.05) is 25.4 Å². The van der Waals surface area contributed by atoms with Crippen molar-refractivity contribution in [3.8, 4) is 0 Å². The van der Waals surface area contributed by atoms with Gasteiger partial charge in [-0.05, 0) is 51.1 Å². The van der Waals surface area contributed by atoms with Crippen molar-refractivity contribution in [2.45, 2.75) is 64.0 Å². The van der Waals surface area contributed by atoms with Gasteiger partial charge in [0.2, 0.25) is 0 Å². The highest BCUT2D eigenvalue weighted by molar-refractivity contribution is 6.29. The topological polar surface area (TPSA) is 29.0 Å². The van der Waals surface area contributed by atoms with Crippen LogP contribution in [0, 0.1) is 5.92 Å². The minimum Gasteiger partial charge on any atom is -0.300 e. The molecular weight excluding hydrogens is 270 g/mol. The Labute approximate surface area is 126 Å². The highest BCUT2D eigenvalue weighted by Gasteiger charge is 2.39. The Bertz CT molecular complexity index is 475. The van der Waals surface area contributed by atoms with Gasteiger partial charge < -0.3 is 4.90 Å². The average Bonchev–Trinajstić information content (AvgIpc) is 2.61. The zero-order valence-electron chi connectivity index (χ0n) is 12.6. The van der Waals surface area contributed by atoms with E-state index in [0.29, 0.717) is 17.0 Å². The maximum absolute atomic E-state index is 6.21. The van der Waals surface area contributed by atoms with Crippen molar-refractivity contribution in [2.24, 2.45) is 5.92 Å². The molecule has 4 heteroatoms. The molecule has 3 nitrogen and oxygen atoms in total. The summed E-state index contributed by atoms with van der Waals surface area (Å²) in [4.78, 5) is 11.9. The van der Waals surface area contributed by atoms with Gasteiger partial charge in [0.25, 0.3) is 0 Å². The molecule has 1 aromatic heterocycles. The minimum absolute atomic E-state index is 0.494. The molecule has 2 atom stereocenters. The number of halogens is 1. The molecule has 2 aliphatic rings. The van der Waals surface area contributed by atoms with Crippen LogP contribution in [0.4, 0.5) is 0 Å². The van der Waals surface area contributed by atoms with Gasteiger partial charge in [-0.25, -0.2) is 9.97 Å². The molecule has 20 heavy (non-hydrogen) atoms. The van der Waals surface area contributed by atoms with Crippen molar-refractivity contribution in [1.82, 2.24) is 14.9 Å². The van der Waals surface area contributed by atoms with Crippen LogP contribution < -0.4 is 0 Å². The standard InChI is InChI=1S/C16H24ClN3/c1-10(2)6-12-9-15(17)19-16(18-12)11-7-13-4-5-14(8-11)20(13)3/h9-11,13-14H,4-8H2,1-3H3. The average molecular weight is 294 g/mol. The first kappa shape index (κ1) is 14.3. The van der Waals surface area contributed by atoms with E-state index in [4.69, 9.17) is 16.6 Å². The molecule has 2 saturated heterocycles. The summed E-state index contributed by atoms with van der Waals surface area (Å²) in [6.45, 7) is 4.43. The molecule has 1 aromatic rings. The lowest BCUT2D eigenvalue weighted by atomic mass is 9.90. The van der Waals surface area contributed by atoms with E-state index in [0.717, 1.165) is 30.0 Å². The van der Waals surface area contributed by atoms with Crippen LogP contribution in [0.2, 0.25) is 5.15 Å². The summed E-state index contributed by atoms with van der Waals surface area (Å²) >= 11 is 6.21. The molecule has 3 rings (SSSR count). The van der Waals surface area contributed by atoms with Crippen molar-refractivity contribution in [1.29, 1.82) is 0 Å². The molecule has 2 aliphatic heterocycles. The van der Waals surface area contributed by atoms with Crippen molar-refractivity contribution >= 4 is 11.6 Å². The Morgan fingerprint density at radius 2 is 1.90 bits per heavy atom. The van der Waals surface area contributed by atoms with Gasteiger partial charge in [-0.3, -0.25) is 0 Å². The van der Waals surface area contributed by atoms with Crippen LogP contribution in [-0.4, -0.2) is 34.0 Å². The molecule has 3 heterocycles. The fraction of sp³-hybridized carbons (Fsp3) is 0.750. The van der Waals surface area contributed by atoms with Gasteiger partial charge in [0, 0.05) is 23.7 Å². The monoisotopic (exact) mass is 293 g/mol. The maximum atomic E-state index is 6.21. The normalized spacial score (nSPS) is 30.1. The van der Waals surface area contributed by atoms with Gasteiger partial charge in [0.05, 0.1) is 0 Å². The van der Waals surface area contributed by atoms with Crippen LogP contribution in [0.15, 0.2) is 6.07 Å². The SMILES string of the molecule is CC(C)Cc1cc(Cl)nc(C2CC3CCC(C2)N3C)n1. The van der Waals surface area contributed by atoms with Gasteiger partial charge in [-0.2, -0.15) is 0 Å². The number of hydrogen-bond acceptors (Lipinski definition) is 3. The second-order valence-corrected chi connectivity index (χ2v) is 7.24. The van der Waals surface area contributed by atoms with Crippen molar-refractivity contribution in [2.75, 3.05) is 7.05 Å². The lowest BCUT2D eigenvalue weighted by Gasteiger charge is -2.35. The van der Waals surface area contributed by atoms with Crippen LogP contribution in [0.1, 0.15) is 57.0 Å². The van der Waals surface area contributed by atoms with Gasteiger partial charge in [0.1, 0.15) is 11.0 Å². The molecule has 2 bridgehead atoms. The first-order valence-electron chi connectivity index (χ1n) is 7.78. The van der Waals surface area contributed by atoms with Gasteiger partial charge in [-0.15, -0.1) is 0 Å². The largest absolute Gasteiger partial charge is 0.300 e. The molecule has 0 saturated carbocycles. The zero-order chi connectivity index (χ0) is 14.3. The number of hydrogen-bond donors (Lipinski definition) is 0. The third-order valence-electron chi connectivity index (χ3n) is 4.85. The Kier molecular flexibility index (Phi) is 4.00. The third-order valence-corrected chi connectivity index (χ3v) is 5.04. The molecular formula is C16H24ClN3. The minimum atomic E-state index is 0.494. The van der Waals surface area contributed by atoms with Crippen LogP contribution in [0.25, 0.3) is 0 Å². The Morgan fingerprint density at radius 1 is 1.25 bits per heavy atom. The summed E-state index contributed by atoms with van der Waals surface area (Å²) in [6, 6.07) is 3.36. The lowest BCUT2D eigenvalue weighted by molar-refractivity contribution is 0.158. The first-order valence-corrected chi connectivity index (χ1v) is 8.16. The second kappa shape index (κ2) is 5.61. The summed E-state index contributed by atoms with van der Waals surface area (Å²) in [7, 11) is 2.27. The third kappa shape index (κ3) is 2.84. The number of rotatable bonds is 3. The van der Waals surface area contributed by atoms with Crippen molar-refractivity contribution in [3.63, 3.8) is 0 Å². The highest BCUT2D eigenvalue weighted by Crippen LogP contribution is 2.41. The van der Waals surface area contributed by atoms with Crippen LogP contribution in [-0.2, 0) is 6.42 Å². The molecule has 110 valence electrons. The van der Waals surface area contributed by atoms with Crippen LogP contribution in [0.5, 0.6) is 0 Å². The number of piperidine rings is 1. The van der Waals surface area contributed by atoms with E-state index in [1.807, 2.05) is 6.07 Å². The quantitative estimate of drug-likeness (QED) is 0.796. The molecule has 2 fully saturated rings. The summed E-state index contributed by atoms with van der Waals surface area (Å²) < 4.78 is 0. The molecule has 0 amide bonds. The van der Waals surface area contributed by atoms with E-state index in [1.165, 1.54) is 25.7 Å². The van der Waals surface area contributed by atoms with Gasteiger partial charge >= 0.3 is 0 Å². The first-order chi connectivity index (χ1) is 9.52. The summed E-state index contributed by atoms with van der Waals surface area (Å²) in [6.07, 6.45) is 6.02. The Balaban J connectivity index is 1.82. The summed E-state index contributed by atoms with van der Waals surface area (Å²) in [5.41, 5.74) is 1.10. The fourth-order valence-corrected chi connectivity index (χ4v) is 4.02. The van der Waals surface area contributed by atoms with E-state index in [-0.39, 0.29) is 0 Å². The molecule has 0 radical (unpaired) electrons. The Hall–Kier alpha value is -0.670.